The summed E-state index contributed by atoms with van der Waals surface area (Å²) >= 11 is 0. The van der Waals surface area contributed by atoms with Gasteiger partial charge in [0.2, 0.25) is 5.91 Å². The number of benzene rings is 1. The summed E-state index contributed by atoms with van der Waals surface area (Å²) in [5, 5.41) is 0. The summed E-state index contributed by atoms with van der Waals surface area (Å²) in [4.78, 5) is 22.6. The molecule has 0 N–H and O–H groups in total. The zero-order valence-electron chi connectivity index (χ0n) is 21.6. The van der Waals surface area contributed by atoms with Gasteiger partial charge in [0.25, 0.3) is 0 Å². The number of imidazole rings is 1. The molecular formula is C28H37FN4O2. The van der Waals surface area contributed by atoms with E-state index in [-0.39, 0.29) is 17.3 Å². The highest BCUT2D eigenvalue weighted by molar-refractivity contribution is 5.82. The van der Waals surface area contributed by atoms with Crippen molar-refractivity contribution in [2.45, 2.75) is 69.9 Å². The smallest absolute Gasteiger partial charge is 0.225 e. The van der Waals surface area contributed by atoms with Crippen molar-refractivity contribution >= 4 is 5.91 Å². The third kappa shape index (κ3) is 3.61. The predicted molar refractivity (Wildman–Crippen MR) is 133 cm³/mol. The summed E-state index contributed by atoms with van der Waals surface area (Å²) in [6.07, 6.45) is 4.54. The van der Waals surface area contributed by atoms with Crippen LogP contribution in [0, 0.1) is 17.7 Å². The lowest BCUT2D eigenvalue weighted by molar-refractivity contribution is -0.136. The van der Waals surface area contributed by atoms with Gasteiger partial charge in [-0.1, -0.05) is 6.92 Å². The lowest BCUT2D eigenvalue weighted by atomic mass is 9.82. The molecule has 1 aromatic carbocycles. The molecule has 188 valence electrons. The van der Waals surface area contributed by atoms with Gasteiger partial charge in [0.05, 0.1) is 11.4 Å². The number of halogens is 1. The van der Waals surface area contributed by atoms with Crippen LogP contribution in [0.15, 0.2) is 18.2 Å². The van der Waals surface area contributed by atoms with E-state index in [2.05, 4.69) is 44.3 Å². The van der Waals surface area contributed by atoms with Crippen LogP contribution in [-0.4, -0.2) is 57.5 Å². The first-order valence-electron chi connectivity index (χ1n) is 13.2. The molecule has 1 spiro atoms. The largest absolute Gasteiger partial charge is 0.480 e. The van der Waals surface area contributed by atoms with Crippen molar-refractivity contribution in [2.24, 2.45) is 18.9 Å². The second-order valence-corrected chi connectivity index (χ2v) is 12.0. The first kappa shape index (κ1) is 23.0. The third-order valence-electron chi connectivity index (χ3n) is 9.33. The molecule has 1 unspecified atom stereocenters. The van der Waals surface area contributed by atoms with E-state index in [0.717, 1.165) is 61.4 Å². The van der Waals surface area contributed by atoms with Gasteiger partial charge in [0.1, 0.15) is 17.4 Å². The zero-order valence-corrected chi connectivity index (χ0v) is 21.6. The molecule has 0 radical (unpaired) electrons. The minimum atomic E-state index is -0.549. The van der Waals surface area contributed by atoms with Crippen LogP contribution in [0.5, 0.6) is 5.75 Å². The maximum absolute atomic E-state index is 14.3. The number of nitrogens with zero attached hydrogens (tertiary/aromatic N) is 4. The van der Waals surface area contributed by atoms with Gasteiger partial charge < -0.3 is 19.1 Å². The van der Waals surface area contributed by atoms with Crippen LogP contribution in [0.4, 0.5) is 4.39 Å². The number of ether oxygens (including phenoxy) is 1. The SMILES string of the molecule is C[C@H]1C[C@@H]1C(=O)N1CCC2(CC1)Oc1ccc(F)cc1-c1nc(C3CCN(C)C(C)(C)C3)n(C)c12. The molecule has 0 bridgehead atoms. The molecule has 6 nitrogen and oxygen atoms in total. The highest BCUT2D eigenvalue weighted by atomic mass is 19.1. The molecular weight excluding hydrogens is 443 g/mol. The summed E-state index contributed by atoms with van der Waals surface area (Å²) in [5.74, 6) is 2.84. The van der Waals surface area contributed by atoms with Crippen molar-refractivity contribution in [2.75, 3.05) is 26.7 Å². The quantitative estimate of drug-likeness (QED) is 0.626. The predicted octanol–water partition coefficient (Wildman–Crippen LogP) is 4.68. The third-order valence-corrected chi connectivity index (χ3v) is 9.33. The Kier molecular flexibility index (Phi) is 5.12. The Hall–Kier alpha value is -2.41. The average molecular weight is 481 g/mol. The fraction of sp³-hybridized carbons (Fsp3) is 0.643. The topological polar surface area (TPSA) is 50.6 Å². The maximum Gasteiger partial charge on any atom is 0.225 e. The number of piperidine rings is 2. The first-order chi connectivity index (χ1) is 16.6. The van der Waals surface area contributed by atoms with Crippen LogP contribution in [0.25, 0.3) is 11.3 Å². The maximum atomic E-state index is 14.3. The number of likely N-dealkylation sites (tertiary alicyclic amines) is 2. The molecule has 4 aliphatic rings. The number of hydrogen-bond donors (Lipinski definition) is 0. The first-order valence-corrected chi connectivity index (χ1v) is 13.2. The van der Waals surface area contributed by atoms with Crippen LogP contribution in [0.2, 0.25) is 0 Å². The van der Waals surface area contributed by atoms with Gasteiger partial charge in [-0.25, -0.2) is 9.37 Å². The summed E-state index contributed by atoms with van der Waals surface area (Å²) in [6.45, 7) is 9.13. The molecule has 3 aliphatic heterocycles. The van der Waals surface area contributed by atoms with E-state index >= 15 is 0 Å². The van der Waals surface area contributed by atoms with Crippen LogP contribution >= 0.6 is 0 Å². The van der Waals surface area contributed by atoms with E-state index in [4.69, 9.17) is 9.72 Å². The number of hydrogen-bond acceptors (Lipinski definition) is 4. The normalized spacial score (nSPS) is 28.9. The van der Waals surface area contributed by atoms with Crippen LogP contribution in [0.3, 0.4) is 0 Å². The Morgan fingerprint density at radius 3 is 2.54 bits per heavy atom. The monoisotopic (exact) mass is 480 g/mol. The zero-order chi connectivity index (χ0) is 24.7. The standard InChI is InChI=1S/C28H37FN4O2/c1-17-14-20(17)26(34)33-12-9-28(10-13-33)24-23(21-15-19(29)6-7-22(21)35-28)30-25(32(24)5)18-8-11-31(4)27(2,3)16-18/h6-7,15,17-18,20H,8-14,16H2,1-5H3/t17-,18?,20-/m0/s1. The molecule has 3 atom stereocenters. The molecule has 6 rings (SSSR count). The van der Waals surface area contributed by atoms with E-state index < -0.39 is 5.60 Å². The van der Waals surface area contributed by atoms with Gasteiger partial charge in [-0.15, -0.1) is 0 Å². The summed E-state index contributed by atoms with van der Waals surface area (Å²) < 4.78 is 23.3. The lowest BCUT2D eigenvalue weighted by Gasteiger charge is -2.45. The Bertz CT molecular complexity index is 1180. The van der Waals surface area contributed by atoms with Gasteiger partial charge in [0.15, 0.2) is 5.60 Å². The molecule has 3 fully saturated rings. The Balaban J connectivity index is 1.38. The molecule has 1 amide bonds. The fourth-order valence-corrected chi connectivity index (χ4v) is 6.69. The van der Waals surface area contributed by atoms with Gasteiger partial charge in [-0.05, 0) is 70.8 Å². The summed E-state index contributed by atoms with van der Waals surface area (Å²) in [7, 11) is 4.30. The van der Waals surface area contributed by atoms with Crippen LogP contribution in [-0.2, 0) is 17.4 Å². The van der Waals surface area contributed by atoms with Gasteiger partial charge in [-0.3, -0.25) is 4.79 Å². The van der Waals surface area contributed by atoms with Crippen molar-refractivity contribution in [3.63, 3.8) is 0 Å². The fourth-order valence-electron chi connectivity index (χ4n) is 6.69. The molecule has 1 saturated carbocycles. The lowest BCUT2D eigenvalue weighted by Crippen LogP contribution is -2.50. The molecule has 1 aliphatic carbocycles. The van der Waals surface area contributed by atoms with Crippen LogP contribution in [0.1, 0.15) is 70.3 Å². The highest BCUT2D eigenvalue weighted by Gasteiger charge is 2.50. The van der Waals surface area contributed by atoms with Crippen molar-refractivity contribution in [1.29, 1.82) is 0 Å². The number of fused-ring (bicyclic) bond motifs is 4. The molecule has 1 aromatic heterocycles. The highest BCUT2D eigenvalue weighted by Crippen LogP contribution is 2.51. The molecule has 2 aromatic rings. The number of aromatic nitrogens is 2. The van der Waals surface area contributed by atoms with Gasteiger partial charge in [-0.2, -0.15) is 0 Å². The molecule has 35 heavy (non-hydrogen) atoms. The molecule has 4 heterocycles. The number of rotatable bonds is 2. The van der Waals surface area contributed by atoms with E-state index in [0.29, 0.717) is 36.6 Å². The molecule has 7 heteroatoms. The minimum Gasteiger partial charge on any atom is -0.480 e. The summed E-state index contributed by atoms with van der Waals surface area (Å²) in [5.41, 5.74) is 2.20. The number of carbonyl (C=O) groups is 1. The van der Waals surface area contributed by atoms with Crippen molar-refractivity contribution < 1.29 is 13.9 Å². The van der Waals surface area contributed by atoms with Crippen molar-refractivity contribution in [1.82, 2.24) is 19.4 Å². The van der Waals surface area contributed by atoms with E-state index in [1.165, 1.54) is 6.07 Å². The molecule has 2 saturated heterocycles. The van der Waals surface area contributed by atoms with Crippen molar-refractivity contribution in [3.05, 3.63) is 35.5 Å². The Morgan fingerprint density at radius 1 is 1.17 bits per heavy atom. The van der Waals surface area contributed by atoms with Gasteiger partial charge >= 0.3 is 0 Å². The van der Waals surface area contributed by atoms with Crippen LogP contribution < -0.4 is 4.74 Å². The van der Waals surface area contributed by atoms with E-state index in [1.807, 2.05) is 4.90 Å². The second-order valence-electron chi connectivity index (χ2n) is 12.0. The summed E-state index contributed by atoms with van der Waals surface area (Å²) in [6, 6.07) is 4.77. The number of amides is 1. The second kappa shape index (κ2) is 7.79. The minimum absolute atomic E-state index is 0.0965. The van der Waals surface area contributed by atoms with E-state index in [9.17, 15) is 9.18 Å². The number of carbonyl (C=O) groups excluding carboxylic acids is 1. The Labute approximate surface area is 207 Å². The van der Waals surface area contributed by atoms with Gasteiger partial charge in [0, 0.05) is 55.9 Å². The van der Waals surface area contributed by atoms with Crippen molar-refractivity contribution in [3.8, 4) is 17.0 Å². The average Bonchev–Trinajstić information content (AvgIpc) is 3.44. The van der Waals surface area contributed by atoms with E-state index in [1.54, 1.807) is 12.1 Å². The Morgan fingerprint density at radius 2 is 1.89 bits per heavy atom.